The normalized spacial score (nSPS) is 16.5. The minimum Gasteiger partial charge on any atom is -0.326 e. The van der Waals surface area contributed by atoms with Crippen LogP contribution in [0.3, 0.4) is 0 Å². The fourth-order valence-electron chi connectivity index (χ4n) is 4.26. The van der Waals surface area contributed by atoms with E-state index in [1.54, 1.807) is 0 Å². The van der Waals surface area contributed by atoms with Gasteiger partial charge in [0.1, 0.15) is 0 Å². The molecule has 2 aliphatic rings. The van der Waals surface area contributed by atoms with Crippen LogP contribution in [-0.4, -0.2) is 5.91 Å². The quantitative estimate of drug-likeness (QED) is 0.670. The Labute approximate surface area is 144 Å². The summed E-state index contributed by atoms with van der Waals surface area (Å²) in [5.74, 6) is 0.926. The maximum Gasteiger partial charge on any atom is 0.224 e. The number of fused-ring (bicyclic) bond motifs is 3. The summed E-state index contributed by atoms with van der Waals surface area (Å²) in [6.07, 6.45) is 9.35. The molecule has 1 fully saturated rings. The van der Waals surface area contributed by atoms with Gasteiger partial charge in [-0.25, -0.2) is 0 Å². The smallest absolute Gasteiger partial charge is 0.224 e. The van der Waals surface area contributed by atoms with Crippen molar-refractivity contribution >= 4 is 11.6 Å². The third kappa shape index (κ3) is 3.24. The number of carbonyl (C=O) groups is 1. The van der Waals surface area contributed by atoms with Gasteiger partial charge in [-0.1, -0.05) is 62.4 Å². The van der Waals surface area contributed by atoms with Crippen LogP contribution >= 0.6 is 0 Å². The molecule has 0 aromatic heterocycles. The molecule has 1 saturated carbocycles. The van der Waals surface area contributed by atoms with E-state index in [1.807, 2.05) is 6.07 Å². The predicted molar refractivity (Wildman–Crippen MR) is 99.1 cm³/mol. The monoisotopic (exact) mass is 319 g/mol. The summed E-state index contributed by atoms with van der Waals surface area (Å²) in [7, 11) is 0. The van der Waals surface area contributed by atoms with E-state index < -0.39 is 0 Å². The van der Waals surface area contributed by atoms with Gasteiger partial charge in [-0.2, -0.15) is 0 Å². The Morgan fingerprint density at radius 2 is 1.75 bits per heavy atom. The molecule has 2 aliphatic carbocycles. The number of hydrogen-bond donors (Lipinski definition) is 1. The lowest BCUT2D eigenvalue weighted by atomic mass is 9.86. The molecule has 24 heavy (non-hydrogen) atoms. The topological polar surface area (TPSA) is 29.1 Å². The number of amides is 1. The Kier molecular flexibility index (Phi) is 4.38. The van der Waals surface area contributed by atoms with Crippen LogP contribution in [0.4, 0.5) is 5.69 Å². The van der Waals surface area contributed by atoms with Gasteiger partial charge in [-0.15, -0.1) is 0 Å². The molecule has 4 rings (SSSR count). The molecule has 0 aliphatic heterocycles. The van der Waals surface area contributed by atoms with E-state index in [-0.39, 0.29) is 5.91 Å². The van der Waals surface area contributed by atoms with E-state index >= 15 is 0 Å². The van der Waals surface area contributed by atoms with Crippen molar-refractivity contribution in [3.8, 4) is 11.1 Å². The maximum absolute atomic E-state index is 12.3. The van der Waals surface area contributed by atoms with Crippen molar-refractivity contribution in [3.63, 3.8) is 0 Å². The third-order valence-electron chi connectivity index (χ3n) is 5.58. The van der Waals surface area contributed by atoms with Gasteiger partial charge >= 0.3 is 0 Å². The summed E-state index contributed by atoms with van der Waals surface area (Å²) < 4.78 is 0. The minimum absolute atomic E-state index is 0.163. The molecule has 0 spiro atoms. The van der Waals surface area contributed by atoms with Crippen LogP contribution in [0.1, 0.15) is 56.1 Å². The van der Waals surface area contributed by atoms with Crippen molar-refractivity contribution < 1.29 is 4.79 Å². The van der Waals surface area contributed by atoms with E-state index in [1.165, 1.54) is 54.4 Å². The Hall–Kier alpha value is -2.09. The summed E-state index contributed by atoms with van der Waals surface area (Å²) in [6, 6.07) is 14.9. The number of nitrogens with one attached hydrogen (secondary N) is 1. The fraction of sp³-hybridized carbons (Fsp3) is 0.409. The van der Waals surface area contributed by atoms with Crippen molar-refractivity contribution in [2.75, 3.05) is 5.32 Å². The van der Waals surface area contributed by atoms with Gasteiger partial charge in [0.2, 0.25) is 5.91 Å². The highest BCUT2D eigenvalue weighted by Gasteiger charge is 2.19. The van der Waals surface area contributed by atoms with E-state index in [2.05, 4.69) is 41.7 Å². The van der Waals surface area contributed by atoms with Crippen molar-refractivity contribution in [1.29, 1.82) is 0 Å². The first-order valence-electron chi connectivity index (χ1n) is 9.30. The molecule has 0 radical (unpaired) electrons. The molecule has 2 aromatic rings. The number of anilines is 1. The second-order valence-corrected chi connectivity index (χ2v) is 7.30. The largest absolute Gasteiger partial charge is 0.326 e. The first-order chi connectivity index (χ1) is 11.8. The number of carbonyl (C=O) groups excluding carboxylic acids is 1. The molecule has 0 heterocycles. The number of hydrogen-bond acceptors (Lipinski definition) is 1. The van der Waals surface area contributed by atoms with E-state index in [0.717, 1.165) is 24.4 Å². The summed E-state index contributed by atoms with van der Waals surface area (Å²) >= 11 is 0. The first-order valence-corrected chi connectivity index (χ1v) is 9.30. The van der Waals surface area contributed by atoms with Gasteiger partial charge in [-0.3, -0.25) is 4.79 Å². The Morgan fingerprint density at radius 1 is 0.958 bits per heavy atom. The lowest BCUT2D eigenvalue weighted by Crippen LogP contribution is -2.14. The van der Waals surface area contributed by atoms with Gasteiger partial charge in [0.15, 0.2) is 0 Å². The first kappa shape index (κ1) is 15.4. The lowest BCUT2D eigenvalue weighted by Gasteiger charge is -2.21. The van der Waals surface area contributed by atoms with Crippen LogP contribution in [0.15, 0.2) is 42.5 Å². The zero-order valence-electron chi connectivity index (χ0n) is 14.2. The van der Waals surface area contributed by atoms with Gasteiger partial charge < -0.3 is 5.32 Å². The predicted octanol–water partition coefficient (Wildman–Crippen LogP) is 5.56. The van der Waals surface area contributed by atoms with Crippen LogP contribution in [0.2, 0.25) is 0 Å². The maximum atomic E-state index is 12.3. The van der Waals surface area contributed by atoms with E-state index in [0.29, 0.717) is 6.42 Å². The third-order valence-corrected chi connectivity index (χ3v) is 5.58. The van der Waals surface area contributed by atoms with E-state index in [4.69, 9.17) is 0 Å². The molecule has 2 nitrogen and oxygen atoms in total. The second kappa shape index (κ2) is 6.80. The van der Waals surface area contributed by atoms with Gasteiger partial charge in [0, 0.05) is 12.1 Å². The van der Waals surface area contributed by atoms with Crippen molar-refractivity contribution in [2.24, 2.45) is 5.92 Å². The molecule has 1 amide bonds. The molecule has 1 N–H and O–H groups in total. The molecule has 0 saturated heterocycles. The SMILES string of the molecule is O=C(CCC1CCCCC1)Nc1ccc2c(c1)Cc1ccccc1-2. The van der Waals surface area contributed by atoms with Gasteiger partial charge in [0.25, 0.3) is 0 Å². The molecule has 0 unspecified atom stereocenters. The van der Waals surface area contributed by atoms with Crippen LogP contribution in [0.5, 0.6) is 0 Å². The van der Waals surface area contributed by atoms with Crippen LogP contribution < -0.4 is 5.32 Å². The average Bonchev–Trinajstić information content (AvgIpc) is 2.98. The summed E-state index contributed by atoms with van der Waals surface area (Å²) in [6.45, 7) is 0. The van der Waals surface area contributed by atoms with Crippen LogP contribution in [-0.2, 0) is 11.2 Å². The molecular weight excluding hydrogens is 294 g/mol. The number of benzene rings is 2. The highest BCUT2D eigenvalue weighted by atomic mass is 16.1. The Balaban J connectivity index is 1.37. The van der Waals surface area contributed by atoms with Gasteiger partial charge in [0.05, 0.1) is 0 Å². The lowest BCUT2D eigenvalue weighted by molar-refractivity contribution is -0.116. The highest BCUT2D eigenvalue weighted by Crippen LogP contribution is 2.37. The zero-order chi connectivity index (χ0) is 16.4. The molecule has 0 atom stereocenters. The van der Waals surface area contributed by atoms with Crippen molar-refractivity contribution in [1.82, 2.24) is 0 Å². The Morgan fingerprint density at radius 3 is 2.62 bits per heavy atom. The van der Waals surface area contributed by atoms with Crippen LogP contribution in [0, 0.1) is 5.92 Å². The highest BCUT2D eigenvalue weighted by molar-refractivity contribution is 5.91. The second-order valence-electron chi connectivity index (χ2n) is 7.30. The minimum atomic E-state index is 0.163. The van der Waals surface area contributed by atoms with Crippen molar-refractivity contribution in [3.05, 3.63) is 53.6 Å². The summed E-state index contributed by atoms with van der Waals surface area (Å²) in [5.41, 5.74) is 6.29. The molecule has 0 bridgehead atoms. The fourth-order valence-corrected chi connectivity index (χ4v) is 4.26. The average molecular weight is 319 g/mol. The summed E-state index contributed by atoms with van der Waals surface area (Å²) in [5, 5.41) is 3.10. The van der Waals surface area contributed by atoms with E-state index in [9.17, 15) is 4.79 Å². The standard InChI is InChI=1S/C22H25NO/c24-22(13-10-16-6-2-1-3-7-16)23-19-11-12-21-18(15-19)14-17-8-4-5-9-20(17)21/h4-5,8-9,11-12,15-16H,1-3,6-7,10,13-14H2,(H,23,24). The molecule has 2 heteroatoms. The molecular formula is C22H25NO. The van der Waals surface area contributed by atoms with Crippen molar-refractivity contribution in [2.45, 2.75) is 51.4 Å². The zero-order valence-corrected chi connectivity index (χ0v) is 14.2. The number of rotatable bonds is 4. The molecule has 124 valence electrons. The Bertz CT molecular complexity index is 743. The summed E-state index contributed by atoms with van der Waals surface area (Å²) in [4.78, 5) is 12.3. The molecule has 2 aromatic carbocycles. The van der Waals surface area contributed by atoms with Crippen LogP contribution in [0.25, 0.3) is 11.1 Å². The van der Waals surface area contributed by atoms with Gasteiger partial charge in [-0.05, 0) is 53.1 Å².